The third-order valence-corrected chi connectivity index (χ3v) is 5.98. The first-order valence-electron chi connectivity index (χ1n) is 7.88. The maximum atomic E-state index is 14.6. The van der Waals surface area contributed by atoms with Crippen LogP contribution in [0.2, 0.25) is 0 Å². The van der Waals surface area contributed by atoms with Gasteiger partial charge in [-0.2, -0.15) is 0 Å². The Kier molecular flexibility index (Phi) is 6.62. The first kappa shape index (κ1) is 20.3. The lowest BCUT2D eigenvalue weighted by Crippen LogP contribution is -2.53. The summed E-state index contributed by atoms with van der Waals surface area (Å²) in [7, 11) is 0. The lowest BCUT2D eigenvalue weighted by atomic mass is 9.84. The van der Waals surface area contributed by atoms with Crippen LogP contribution in [0.25, 0.3) is 0 Å². The average Bonchev–Trinajstić information content (AvgIpc) is 2.54. The molecule has 0 unspecified atom stereocenters. The molecular weight excluding hydrogens is 407 g/mol. The second-order valence-corrected chi connectivity index (χ2v) is 9.58. The Balaban J connectivity index is 2.66. The lowest BCUT2D eigenvalue weighted by molar-refractivity contribution is 0.241. The molecule has 0 aliphatic carbocycles. The van der Waals surface area contributed by atoms with Gasteiger partial charge in [0, 0.05) is 35.1 Å². The first-order chi connectivity index (χ1) is 11.7. The molecule has 2 aromatic rings. The van der Waals surface area contributed by atoms with Crippen LogP contribution in [0.5, 0.6) is 0 Å². The molecule has 136 valence electrons. The molecule has 0 fully saturated rings. The number of aliphatic hydroxyl groups excluding tert-OH is 1. The van der Waals surface area contributed by atoms with E-state index in [1.165, 1.54) is 18.3 Å². The maximum Gasteiger partial charge on any atom is 0.147 e. The number of halogens is 2. The summed E-state index contributed by atoms with van der Waals surface area (Å²) in [6, 6.07) is 10.1. The molecule has 0 aliphatic rings. The summed E-state index contributed by atoms with van der Waals surface area (Å²) in [5.74, 6) is -0.516. The van der Waals surface area contributed by atoms with Crippen molar-refractivity contribution in [1.29, 1.82) is 0 Å². The molecule has 0 amide bonds. The lowest BCUT2D eigenvalue weighted by Gasteiger charge is -2.37. The maximum absolute atomic E-state index is 14.6. The van der Waals surface area contributed by atoms with Gasteiger partial charge in [0.05, 0.1) is 0 Å². The van der Waals surface area contributed by atoms with E-state index in [0.29, 0.717) is 5.56 Å². The Hall–Kier alpha value is -0.990. The second kappa shape index (κ2) is 8.14. The standard InChI is InChI=1S/C18H22BrFN2O2S/c1-17(2,3)25(24)22-18(10-12-23,13-6-8-14(19)9-7-13)16-15(20)5-4-11-21-16/h4-9,11,22-23H,10,12H2,1-3H3/t18-,25+/m0/s1. The summed E-state index contributed by atoms with van der Waals surface area (Å²) < 4.78 is 30.8. The highest BCUT2D eigenvalue weighted by Crippen LogP contribution is 2.36. The van der Waals surface area contributed by atoms with Crippen LogP contribution in [0.4, 0.5) is 4.39 Å². The van der Waals surface area contributed by atoms with Gasteiger partial charge in [0.25, 0.3) is 0 Å². The van der Waals surface area contributed by atoms with E-state index in [1.807, 2.05) is 32.9 Å². The van der Waals surface area contributed by atoms with Gasteiger partial charge >= 0.3 is 0 Å². The number of aromatic nitrogens is 1. The molecule has 7 heteroatoms. The van der Waals surface area contributed by atoms with E-state index in [9.17, 15) is 14.0 Å². The minimum atomic E-state index is -1.50. The Morgan fingerprint density at radius 2 is 1.88 bits per heavy atom. The fourth-order valence-electron chi connectivity index (χ4n) is 2.47. The third-order valence-electron chi connectivity index (χ3n) is 3.81. The molecule has 0 saturated heterocycles. The third kappa shape index (κ3) is 4.60. The summed E-state index contributed by atoms with van der Waals surface area (Å²) in [6.45, 7) is 5.27. The molecule has 2 rings (SSSR count). The summed E-state index contributed by atoms with van der Waals surface area (Å²) in [5, 5.41) is 9.69. The van der Waals surface area contributed by atoms with Crippen molar-refractivity contribution in [2.24, 2.45) is 0 Å². The number of pyridine rings is 1. The minimum Gasteiger partial charge on any atom is -0.598 e. The highest BCUT2D eigenvalue weighted by atomic mass is 79.9. The van der Waals surface area contributed by atoms with Crippen molar-refractivity contribution in [2.75, 3.05) is 6.61 Å². The molecule has 1 heterocycles. The summed E-state index contributed by atoms with van der Waals surface area (Å²) >= 11 is 1.88. The fraction of sp³-hybridized carbons (Fsp3) is 0.389. The Morgan fingerprint density at radius 1 is 1.24 bits per heavy atom. The van der Waals surface area contributed by atoms with Crippen LogP contribution in [0.15, 0.2) is 47.1 Å². The SMILES string of the molecule is CC(C)(C)[S@@+]([O-])N[C@@](CCO)(c1ccc(Br)cc1)c1ncccc1F. The molecule has 0 bridgehead atoms. The molecule has 0 radical (unpaired) electrons. The van der Waals surface area contributed by atoms with E-state index in [-0.39, 0.29) is 18.7 Å². The van der Waals surface area contributed by atoms with Crippen LogP contribution < -0.4 is 4.72 Å². The summed E-state index contributed by atoms with van der Waals surface area (Å²) in [5.41, 5.74) is -0.414. The largest absolute Gasteiger partial charge is 0.598 e. The zero-order valence-corrected chi connectivity index (χ0v) is 16.8. The van der Waals surface area contributed by atoms with Gasteiger partial charge in [0.1, 0.15) is 21.8 Å². The van der Waals surface area contributed by atoms with Gasteiger partial charge in [0.2, 0.25) is 0 Å². The predicted molar refractivity (Wildman–Crippen MR) is 102 cm³/mol. The van der Waals surface area contributed by atoms with Crippen molar-refractivity contribution < 1.29 is 14.0 Å². The Bertz CT molecular complexity index is 709. The van der Waals surface area contributed by atoms with Gasteiger partial charge in [-0.3, -0.25) is 4.98 Å². The molecule has 25 heavy (non-hydrogen) atoms. The van der Waals surface area contributed by atoms with Crippen LogP contribution in [0, 0.1) is 5.82 Å². The van der Waals surface area contributed by atoms with E-state index >= 15 is 0 Å². The highest BCUT2D eigenvalue weighted by molar-refractivity contribution is 9.10. The first-order valence-corrected chi connectivity index (χ1v) is 9.82. The molecule has 2 N–H and O–H groups in total. The number of benzene rings is 1. The van der Waals surface area contributed by atoms with Crippen molar-refractivity contribution in [3.63, 3.8) is 0 Å². The zero-order chi connectivity index (χ0) is 18.7. The molecule has 1 aromatic heterocycles. The number of aliphatic hydroxyl groups is 1. The number of nitrogens with one attached hydrogen (secondary N) is 1. The van der Waals surface area contributed by atoms with Crippen LogP contribution in [0.1, 0.15) is 38.4 Å². The highest BCUT2D eigenvalue weighted by Gasteiger charge is 2.44. The molecule has 2 atom stereocenters. The van der Waals surface area contributed by atoms with Crippen LogP contribution in [-0.2, 0) is 16.9 Å². The number of nitrogens with zero attached hydrogens (tertiary/aromatic N) is 1. The Labute approximate surface area is 159 Å². The van der Waals surface area contributed by atoms with E-state index in [4.69, 9.17) is 0 Å². The number of hydrogen-bond acceptors (Lipinski definition) is 4. The van der Waals surface area contributed by atoms with E-state index < -0.39 is 27.5 Å². The van der Waals surface area contributed by atoms with Crippen LogP contribution in [-0.4, -0.2) is 26.0 Å². The summed E-state index contributed by atoms with van der Waals surface area (Å²) in [4.78, 5) is 4.21. The van der Waals surface area contributed by atoms with E-state index in [2.05, 4.69) is 25.6 Å². The predicted octanol–water partition coefficient (Wildman–Crippen LogP) is 3.66. The number of hydrogen-bond donors (Lipinski definition) is 2. The van der Waals surface area contributed by atoms with E-state index in [0.717, 1.165) is 4.47 Å². The van der Waals surface area contributed by atoms with Crippen LogP contribution in [0.3, 0.4) is 0 Å². The van der Waals surface area contributed by atoms with Crippen molar-refractivity contribution >= 4 is 27.3 Å². The quantitative estimate of drug-likeness (QED) is 0.688. The van der Waals surface area contributed by atoms with Crippen molar-refractivity contribution in [3.05, 3.63) is 64.1 Å². The summed E-state index contributed by atoms with van der Waals surface area (Å²) in [6.07, 6.45) is 1.62. The van der Waals surface area contributed by atoms with Crippen molar-refractivity contribution in [3.8, 4) is 0 Å². The van der Waals surface area contributed by atoms with E-state index in [1.54, 1.807) is 12.1 Å². The molecule has 0 spiro atoms. The fourth-order valence-corrected chi connectivity index (χ4v) is 3.67. The van der Waals surface area contributed by atoms with Gasteiger partial charge in [-0.25, -0.2) is 4.39 Å². The van der Waals surface area contributed by atoms with Gasteiger partial charge < -0.3 is 9.66 Å². The van der Waals surface area contributed by atoms with Gasteiger partial charge in [-0.1, -0.05) is 28.1 Å². The Morgan fingerprint density at radius 3 is 2.40 bits per heavy atom. The van der Waals surface area contributed by atoms with Crippen molar-refractivity contribution in [1.82, 2.24) is 9.71 Å². The molecular formula is C18H22BrFN2O2S. The smallest absolute Gasteiger partial charge is 0.147 e. The molecule has 1 aromatic carbocycles. The normalized spacial score (nSPS) is 15.6. The van der Waals surface area contributed by atoms with Crippen LogP contribution >= 0.6 is 15.9 Å². The minimum absolute atomic E-state index is 0.115. The molecule has 0 saturated carbocycles. The van der Waals surface area contributed by atoms with Gasteiger partial charge in [0.15, 0.2) is 0 Å². The zero-order valence-electron chi connectivity index (χ0n) is 14.4. The van der Waals surface area contributed by atoms with Gasteiger partial charge in [-0.15, -0.1) is 4.72 Å². The second-order valence-electron chi connectivity index (χ2n) is 6.70. The molecule has 4 nitrogen and oxygen atoms in total. The van der Waals surface area contributed by atoms with Crippen molar-refractivity contribution in [2.45, 2.75) is 37.5 Å². The monoisotopic (exact) mass is 428 g/mol. The topological polar surface area (TPSA) is 68.2 Å². The molecule has 0 aliphatic heterocycles. The average molecular weight is 429 g/mol. The number of rotatable bonds is 6. The van der Waals surface area contributed by atoms with Gasteiger partial charge in [-0.05, 0) is 50.6 Å².